The third kappa shape index (κ3) is 3.69. The molecule has 0 aliphatic carbocycles. The summed E-state index contributed by atoms with van der Waals surface area (Å²) in [4.78, 5) is 0. The minimum atomic E-state index is -3.34. The Labute approximate surface area is 130 Å². The van der Waals surface area contributed by atoms with E-state index in [-0.39, 0.29) is 0 Å². The van der Waals surface area contributed by atoms with Gasteiger partial charge in [0, 0.05) is 19.9 Å². The van der Waals surface area contributed by atoms with Crippen molar-refractivity contribution in [3.8, 4) is 5.75 Å². The first kappa shape index (κ1) is 16.6. The van der Waals surface area contributed by atoms with Crippen molar-refractivity contribution in [3.63, 3.8) is 0 Å². The number of rotatable bonds is 7. The van der Waals surface area contributed by atoms with Crippen LogP contribution in [0.15, 0.2) is 54.6 Å². The van der Waals surface area contributed by atoms with E-state index in [0.29, 0.717) is 0 Å². The number of methoxy groups -OCH3 is 1. The van der Waals surface area contributed by atoms with Crippen molar-refractivity contribution in [3.05, 3.63) is 60.2 Å². The van der Waals surface area contributed by atoms with Gasteiger partial charge in [0.25, 0.3) is 0 Å². The molecule has 0 saturated carbocycles. The molecule has 0 fully saturated rings. The molecule has 2 aromatic rings. The quantitative estimate of drug-likeness (QED) is 0.771. The molecule has 6 heteroatoms. The molecule has 1 atom stereocenters. The molecule has 0 bridgehead atoms. The first-order valence-corrected chi connectivity index (χ1v) is 8.41. The van der Waals surface area contributed by atoms with Crippen molar-refractivity contribution in [1.82, 2.24) is 0 Å². The summed E-state index contributed by atoms with van der Waals surface area (Å²) in [5.41, 5.74) is 1.62. The first-order chi connectivity index (χ1) is 10.6. The van der Waals surface area contributed by atoms with Gasteiger partial charge >= 0.3 is 7.60 Å². The van der Waals surface area contributed by atoms with Crippen LogP contribution in [0.5, 0.6) is 5.75 Å². The van der Waals surface area contributed by atoms with Crippen molar-refractivity contribution in [2.24, 2.45) is 0 Å². The molecule has 2 rings (SSSR count). The van der Waals surface area contributed by atoms with Crippen molar-refractivity contribution < 1.29 is 18.3 Å². The third-order valence-electron chi connectivity index (χ3n) is 3.33. The van der Waals surface area contributed by atoms with Gasteiger partial charge in [-0.2, -0.15) is 0 Å². The van der Waals surface area contributed by atoms with Crippen LogP contribution in [-0.2, 0) is 13.6 Å². The van der Waals surface area contributed by atoms with Crippen molar-refractivity contribution >= 4 is 13.3 Å². The third-order valence-corrected chi connectivity index (χ3v) is 5.41. The lowest BCUT2D eigenvalue weighted by Crippen LogP contribution is -2.13. The van der Waals surface area contributed by atoms with E-state index < -0.39 is 13.4 Å². The summed E-state index contributed by atoms with van der Waals surface area (Å²) < 4.78 is 28.3. The Kier molecular flexibility index (Phi) is 5.61. The lowest BCUT2D eigenvalue weighted by atomic mass is 10.2. The second-order valence-corrected chi connectivity index (χ2v) is 6.92. The molecule has 0 amide bonds. The van der Waals surface area contributed by atoms with E-state index in [1.807, 2.05) is 54.6 Å². The zero-order valence-corrected chi connectivity index (χ0v) is 13.7. The van der Waals surface area contributed by atoms with Gasteiger partial charge in [0.1, 0.15) is 5.75 Å². The molecule has 0 spiro atoms. The normalized spacial score (nSPS) is 12.7. The maximum atomic E-state index is 12.8. The van der Waals surface area contributed by atoms with Gasteiger partial charge in [0.05, 0.1) is 7.11 Å². The van der Waals surface area contributed by atoms with Crippen molar-refractivity contribution in [2.75, 3.05) is 26.6 Å². The van der Waals surface area contributed by atoms with E-state index in [1.165, 1.54) is 14.2 Å². The van der Waals surface area contributed by atoms with Gasteiger partial charge in [-0.3, -0.25) is 4.57 Å². The van der Waals surface area contributed by atoms with Crippen LogP contribution in [-0.4, -0.2) is 21.3 Å². The summed E-state index contributed by atoms with van der Waals surface area (Å²) >= 11 is 0. The highest BCUT2D eigenvalue weighted by molar-refractivity contribution is 7.54. The maximum absolute atomic E-state index is 12.8. The fourth-order valence-corrected chi connectivity index (χ4v) is 3.53. The Morgan fingerprint density at radius 2 is 1.50 bits per heavy atom. The zero-order chi connectivity index (χ0) is 16.0. The molecule has 0 saturated heterocycles. The Morgan fingerprint density at radius 1 is 0.909 bits per heavy atom. The lowest BCUT2D eigenvalue weighted by molar-refractivity contribution is 0.268. The minimum Gasteiger partial charge on any atom is -0.497 e. The second-order valence-electron chi connectivity index (χ2n) is 4.59. The van der Waals surface area contributed by atoms with Crippen LogP contribution in [0.2, 0.25) is 0 Å². The van der Waals surface area contributed by atoms with Crippen LogP contribution < -0.4 is 10.1 Å². The zero-order valence-electron chi connectivity index (χ0n) is 12.9. The summed E-state index contributed by atoms with van der Waals surface area (Å²) in [6.45, 7) is 0. The summed E-state index contributed by atoms with van der Waals surface area (Å²) in [7, 11) is 1.04. The highest BCUT2D eigenvalue weighted by atomic mass is 31.2. The van der Waals surface area contributed by atoms with Gasteiger partial charge in [-0.05, 0) is 29.8 Å². The molecule has 1 N–H and O–H groups in total. The molecular weight excluding hydrogens is 301 g/mol. The van der Waals surface area contributed by atoms with E-state index >= 15 is 0 Å². The summed E-state index contributed by atoms with van der Waals surface area (Å²) in [6, 6.07) is 16.8. The van der Waals surface area contributed by atoms with Crippen LogP contribution in [0, 0.1) is 0 Å². The molecule has 22 heavy (non-hydrogen) atoms. The van der Waals surface area contributed by atoms with Crippen LogP contribution in [0.25, 0.3) is 0 Å². The largest absolute Gasteiger partial charge is 0.497 e. The number of hydrogen-bond donors (Lipinski definition) is 1. The van der Waals surface area contributed by atoms with E-state index in [1.54, 1.807) is 7.11 Å². The van der Waals surface area contributed by atoms with Crippen LogP contribution in [0.1, 0.15) is 11.3 Å². The molecule has 0 aliphatic rings. The van der Waals surface area contributed by atoms with Gasteiger partial charge in [-0.15, -0.1) is 0 Å². The number of ether oxygens (including phenoxy) is 1. The highest BCUT2D eigenvalue weighted by Gasteiger charge is 2.35. The van der Waals surface area contributed by atoms with Gasteiger partial charge in [-0.25, -0.2) is 0 Å². The fraction of sp³-hybridized carbons (Fsp3) is 0.250. The molecule has 5 nitrogen and oxygen atoms in total. The van der Waals surface area contributed by atoms with E-state index in [2.05, 4.69) is 5.32 Å². The monoisotopic (exact) mass is 321 g/mol. The van der Waals surface area contributed by atoms with Gasteiger partial charge in [-0.1, -0.05) is 30.3 Å². The maximum Gasteiger partial charge on any atom is 0.356 e. The summed E-state index contributed by atoms with van der Waals surface area (Å²) in [5, 5.41) is 3.22. The number of hydrogen-bond acceptors (Lipinski definition) is 5. The second kappa shape index (κ2) is 7.45. The summed E-state index contributed by atoms with van der Waals surface area (Å²) in [6.07, 6.45) is 0. The van der Waals surface area contributed by atoms with Gasteiger partial charge < -0.3 is 19.1 Å². The SMILES string of the molecule is COc1ccc(N[C@H](c2ccccc2)P(=O)(OC)OC)cc1. The van der Waals surface area contributed by atoms with Crippen molar-refractivity contribution in [2.45, 2.75) is 5.78 Å². The van der Waals surface area contributed by atoms with Gasteiger partial charge in [0.2, 0.25) is 0 Å². The topological polar surface area (TPSA) is 56.8 Å². The molecule has 0 unspecified atom stereocenters. The number of anilines is 1. The number of nitrogens with one attached hydrogen (secondary N) is 1. The predicted octanol–water partition coefficient (Wildman–Crippen LogP) is 4.29. The van der Waals surface area contributed by atoms with E-state index in [0.717, 1.165) is 17.0 Å². The summed E-state index contributed by atoms with van der Waals surface area (Å²) in [5.74, 6) is 0.153. The smallest absolute Gasteiger partial charge is 0.356 e. The first-order valence-electron chi connectivity index (χ1n) is 6.79. The average Bonchev–Trinajstić information content (AvgIpc) is 2.60. The highest BCUT2D eigenvalue weighted by Crippen LogP contribution is 2.59. The molecule has 118 valence electrons. The molecule has 2 aromatic carbocycles. The Balaban J connectivity index is 2.34. The molecule has 0 heterocycles. The Morgan fingerprint density at radius 3 is 2.00 bits per heavy atom. The Hall–Kier alpha value is -1.81. The Bertz CT molecular complexity index is 622. The van der Waals surface area contributed by atoms with E-state index in [4.69, 9.17) is 13.8 Å². The lowest BCUT2D eigenvalue weighted by Gasteiger charge is -2.26. The average molecular weight is 321 g/mol. The minimum absolute atomic E-state index is 0.600. The van der Waals surface area contributed by atoms with Crippen LogP contribution >= 0.6 is 7.60 Å². The van der Waals surface area contributed by atoms with E-state index in [9.17, 15) is 4.57 Å². The fourth-order valence-electron chi connectivity index (χ4n) is 2.11. The molecule has 0 radical (unpaired) electrons. The van der Waals surface area contributed by atoms with Crippen LogP contribution in [0.4, 0.5) is 5.69 Å². The van der Waals surface area contributed by atoms with Gasteiger partial charge in [0.15, 0.2) is 5.78 Å². The number of benzene rings is 2. The standard InChI is InChI=1S/C16H20NO4P/c1-19-15-11-9-14(10-12-15)17-16(22(18,20-2)21-3)13-7-5-4-6-8-13/h4-12,16-17H,1-3H3/t16-/m0/s1. The molecular formula is C16H20NO4P. The van der Waals surface area contributed by atoms with Crippen LogP contribution in [0.3, 0.4) is 0 Å². The molecule has 0 aliphatic heterocycles. The van der Waals surface area contributed by atoms with Crippen molar-refractivity contribution in [1.29, 1.82) is 0 Å². The predicted molar refractivity (Wildman–Crippen MR) is 87.4 cm³/mol. The molecule has 0 aromatic heterocycles.